The molecule has 14 heteroatoms. The van der Waals surface area contributed by atoms with E-state index in [9.17, 15) is 45.6 Å². The molecule has 0 radical (unpaired) electrons. The maximum Gasteiger partial charge on any atom is 0.220 e. The summed E-state index contributed by atoms with van der Waals surface area (Å²) in [6, 6.07) is -0.931. The summed E-state index contributed by atoms with van der Waals surface area (Å²) in [5.41, 5.74) is 0. The van der Waals surface area contributed by atoms with E-state index >= 15 is 0 Å². The van der Waals surface area contributed by atoms with Crippen LogP contribution in [0, 0.1) is 0 Å². The van der Waals surface area contributed by atoms with Crippen molar-refractivity contribution in [2.24, 2.45) is 0 Å². The lowest BCUT2D eigenvalue weighted by Gasteiger charge is -2.46. The minimum atomic E-state index is -1.79. The minimum absolute atomic E-state index is 0.242. The molecule has 2 saturated heterocycles. The second-order valence-corrected chi connectivity index (χ2v) is 27.1. The number of allylic oxidation sites excluding steroid dienone is 5. The first-order valence-electron chi connectivity index (χ1n) is 38.2. The smallest absolute Gasteiger partial charge is 0.220 e. The summed E-state index contributed by atoms with van der Waals surface area (Å²) in [5.74, 6) is -0.242. The Hall–Kier alpha value is -1.79. The zero-order valence-corrected chi connectivity index (χ0v) is 57.9. The quantitative estimate of drug-likeness (QED) is 0.0204. The van der Waals surface area contributed by atoms with Gasteiger partial charge in [-0.05, 0) is 57.8 Å². The highest BCUT2D eigenvalue weighted by atomic mass is 16.7. The molecule has 1 amide bonds. The number of aliphatic hydroxyl groups excluding tert-OH is 8. The summed E-state index contributed by atoms with van der Waals surface area (Å²) < 4.78 is 22.9. The van der Waals surface area contributed by atoms with Crippen LogP contribution in [0.25, 0.3) is 0 Å². The minimum Gasteiger partial charge on any atom is -0.394 e. The van der Waals surface area contributed by atoms with Gasteiger partial charge in [0, 0.05) is 6.42 Å². The molecule has 14 nitrogen and oxygen atoms in total. The second kappa shape index (κ2) is 60.8. The lowest BCUT2D eigenvalue weighted by Crippen LogP contribution is -2.65. The van der Waals surface area contributed by atoms with Crippen LogP contribution in [0.3, 0.4) is 0 Å². The Morgan fingerprint density at radius 3 is 1.09 bits per heavy atom. The van der Waals surface area contributed by atoms with Crippen molar-refractivity contribution in [2.75, 3.05) is 19.8 Å². The Bertz CT molecular complexity index is 1650. The molecule has 90 heavy (non-hydrogen) atoms. The summed E-state index contributed by atoms with van der Waals surface area (Å²) in [6.07, 6.45) is 62.2. The summed E-state index contributed by atoms with van der Waals surface area (Å²) >= 11 is 0. The summed E-state index contributed by atoms with van der Waals surface area (Å²) in [5, 5.41) is 87.5. The van der Waals surface area contributed by atoms with E-state index in [2.05, 4.69) is 43.5 Å². The highest BCUT2D eigenvalue weighted by Gasteiger charge is 2.51. The number of amides is 1. The normalized spacial score (nSPS) is 23.0. The van der Waals surface area contributed by atoms with E-state index in [4.69, 9.17) is 18.9 Å². The second-order valence-electron chi connectivity index (χ2n) is 27.1. The maximum atomic E-state index is 13.4. The van der Waals surface area contributed by atoms with E-state index in [0.29, 0.717) is 12.8 Å². The van der Waals surface area contributed by atoms with Gasteiger partial charge in [0.05, 0.1) is 32.0 Å². The topological polar surface area (TPSA) is 228 Å². The fourth-order valence-electron chi connectivity index (χ4n) is 12.7. The number of ether oxygens (including phenoxy) is 4. The van der Waals surface area contributed by atoms with Crippen molar-refractivity contribution in [3.8, 4) is 0 Å². The Labute approximate surface area is 551 Å². The molecular weight excluding hydrogens is 1130 g/mol. The van der Waals surface area contributed by atoms with Crippen LogP contribution in [0.15, 0.2) is 36.5 Å². The van der Waals surface area contributed by atoms with Crippen LogP contribution in [0.2, 0.25) is 0 Å². The van der Waals surface area contributed by atoms with Gasteiger partial charge in [-0.3, -0.25) is 4.79 Å². The molecule has 2 fully saturated rings. The number of unbranched alkanes of at least 4 members (excludes halogenated alkanes) is 47. The Kier molecular flexibility index (Phi) is 57.0. The first-order chi connectivity index (χ1) is 44.1. The highest BCUT2D eigenvalue weighted by molar-refractivity contribution is 5.76. The molecule has 12 atom stereocenters. The van der Waals surface area contributed by atoms with Crippen molar-refractivity contribution < 1.29 is 64.6 Å². The molecule has 2 aliphatic heterocycles. The van der Waals surface area contributed by atoms with Gasteiger partial charge in [-0.15, -0.1) is 0 Å². The molecule has 2 heterocycles. The van der Waals surface area contributed by atoms with Gasteiger partial charge in [0.1, 0.15) is 48.8 Å². The Morgan fingerprint density at radius 2 is 0.711 bits per heavy atom. The van der Waals surface area contributed by atoms with Crippen molar-refractivity contribution >= 4 is 5.91 Å². The number of hydrogen-bond donors (Lipinski definition) is 9. The fourth-order valence-corrected chi connectivity index (χ4v) is 12.7. The van der Waals surface area contributed by atoms with Crippen LogP contribution in [-0.2, 0) is 23.7 Å². The standard InChI is InChI=1S/C76H143NO13/c1-3-5-7-9-11-13-15-17-19-21-23-25-27-29-30-31-32-33-34-36-38-40-42-44-46-48-50-52-54-56-58-60-68(81)77-64(63-87-75-73(86)71(84)74(67(62-79)89-75)90-76-72(85)70(83)69(82)66(61-78)88-76)65(80)59-57-55-53-51-49-47-45-43-41-39-37-35-28-26-24-22-20-18-16-14-12-10-8-6-4-2/h21,23,49,51,57,59,64-67,69-76,78-80,82-86H,3-20,22,24-48,50,52-56,58,60-63H2,1-2H3,(H,77,81)/b23-21-,51-49+,59-57+. The van der Waals surface area contributed by atoms with Crippen LogP contribution in [0.4, 0.5) is 0 Å². The Morgan fingerprint density at radius 1 is 0.389 bits per heavy atom. The van der Waals surface area contributed by atoms with Gasteiger partial charge in [0.2, 0.25) is 5.91 Å². The molecule has 0 aromatic carbocycles. The van der Waals surface area contributed by atoms with Crippen molar-refractivity contribution in [1.82, 2.24) is 5.32 Å². The summed E-state index contributed by atoms with van der Waals surface area (Å²) in [7, 11) is 0. The zero-order valence-electron chi connectivity index (χ0n) is 57.9. The highest BCUT2D eigenvalue weighted by Crippen LogP contribution is 2.30. The Balaban J connectivity index is 1.65. The molecule has 530 valence electrons. The number of carbonyl (C=O) groups is 1. The molecule has 2 rings (SSSR count). The van der Waals surface area contributed by atoms with Gasteiger partial charge in [0.25, 0.3) is 0 Å². The molecule has 2 aliphatic rings. The van der Waals surface area contributed by atoms with Gasteiger partial charge in [0.15, 0.2) is 12.6 Å². The van der Waals surface area contributed by atoms with E-state index < -0.39 is 86.8 Å². The van der Waals surface area contributed by atoms with Crippen LogP contribution in [0.5, 0.6) is 0 Å². The van der Waals surface area contributed by atoms with Gasteiger partial charge >= 0.3 is 0 Å². The number of carbonyl (C=O) groups excluding carboxylic acids is 1. The lowest BCUT2D eigenvalue weighted by molar-refractivity contribution is -0.359. The monoisotopic (exact) mass is 1280 g/mol. The third-order valence-electron chi connectivity index (χ3n) is 18.8. The zero-order chi connectivity index (χ0) is 65.2. The first-order valence-corrected chi connectivity index (χ1v) is 38.2. The van der Waals surface area contributed by atoms with E-state index in [-0.39, 0.29) is 18.9 Å². The average molecular weight is 1280 g/mol. The molecular formula is C76H143NO13. The van der Waals surface area contributed by atoms with Gasteiger partial charge in [-0.25, -0.2) is 0 Å². The van der Waals surface area contributed by atoms with Crippen molar-refractivity contribution in [1.29, 1.82) is 0 Å². The molecule has 0 spiro atoms. The molecule has 0 aliphatic carbocycles. The summed E-state index contributed by atoms with van der Waals surface area (Å²) in [4.78, 5) is 13.4. The molecule has 12 unspecified atom stereocenters. The van der Waals surface area contributed by atoms with E-state index in [0.717, 1.165) is 32.1 Å². The van der Waals surface area contributed by atoms with E-state index in [1.54, 1.807) is 6.08 Å². The SMILES string of the molecule is CCCCCCCCCC/C=C\CCCCCCCCCCCCCCCCCCCCCC(=O)NC(COC1OC(CO)C(OC2OC(CO)C(O)C(O)C2O)C(O)C1O)C(O)/C=C/CC/C=C/CCCCCCCCCCCCCCCCCCCCC. The predicted molar refractivity (Wildman–Crippen MR) is 369 cm³/mol. The average Bonchev–Trinajstić information content (AvgIpc) is 1.42. The predicted octanol–water partition coefficient (Wildman–Crippen LogP) is 16.5. The number of hydrogen-bond acceptors (Lipinski definition) is 13. The van der Waals surface area contributed by atoms with Gasteiger partial charge < -0.3 is 65.1 Å². The molecule has 9 N–H and O–H groups in total. The van der Waals surface area contributed by atoms with Gasteiger partial charge in [-0.2, -0.15) is 0 Å². The maximum absolute atomic E-state index is 13.4. The van der Waals surface area contributed by atoms with Crippen molar-refractivity contribution in [3.05, 3.63) is 36.5 Å². The van der Waals surface area contributed by atoms with Crippen LogP contribution < -0.4 is 5.32 Å². The van der Waals surface area contributed by atoms with Crippen molar-refractivity contribution in [2.45, 2.75) is 421 Å². The van der Waals surface area contributed by atoms with Gasteiger partial charge in [-0.1, -0.05) is 320 Å². The largest absolute Gasteiger partial charge is 0.394 e. The molecule has 0 aromatic rings. The number of rotatable bonds is 64. The lowest BCUT2D eigenvalue weighted by atomic mass is 9.97. The van der Waals surface area contributed by atoms with Crippen molar-refractivity contribution in [3.63, 3.8) is 0 Å². The summed E-state index contributed by atoms with van der Waals surface area (Å²) in [6.45, 7) is 2.84. The third kappa shape index (κ3) is 44.0. The molecule has 0 aromatic heterocycles. The fraction of sp³-hybridized carbons (Fsp3) is 0.908. The third-order valence-corrected chi connectivity index (χ3v) is 18.8. The van der Waals surface area contributed by atoms with Crippen LogP contribution in [0.1, 0.15) is 348 Å². The first kappa shape index (κ1) is 84.3. The van der Waals surface area contributed by atoms with Crippen LogP contribution in [-0.4, -0.2) is 140 Å². The number of aliphatic hydroxyl groups is 8. The number of nitrogens with one attached hydrogen (secondary N) is 1. The van der Waals surface area contributed by atoms with Crippen LogP contribution >= 0.6 is 0 Å². The van der Waals surface area contributed by atoms with E-state index in [1.165, 1.54) is 283 Å². The molecule has 0 bridgehead atoms. The van der Waals surface area contributed by atoms with E-state index in [1.807, 2.05) is 6.08 Å². The molecule has 0 saturated carbocycles.